The average Bonchev–Trinajstić information content (AvgIpc) is 2.98. The van der Waals surface area contributed by atoms with Crippen molar-refractivity contribution in [3.05, 3.63) is 76.8 Å². The van der Waals surface area contributed by atoms with E-state index >= 15 is 0 Å². The number of anilines is 1. The summed E-state index contributed by atoms with van der Waals surface area (Å²) < 4.78 is 19.0. The molecular weight excluding hydrogens is 301 g/mol. The van der Waals surface area contributed by atoms with Gasteiger partial charge in [0.05, 0.1) is 11.6 Å². The van der Waals surface area contributed by atoms with E-state index in [0.29, 0.717) is 12.3 Å². The van der Waals surface area contributed by atoms with Gasteiger partial charge in [-0.1, -0.05) is 29.3 Å². The van der Waals surface area contributed by atoms with Gasteiger partial charge in [0.2, 0.25) is 0 Å². The minimum atomic E-state index is -0.432. The molecule has 3 aromatic rings. The van der Waals surface area contributed by atoms with E-state index in [-0.39, 0.29) is 5.02 Å². The highest BCUT2D eigenvalue weighted by Crippen LogP contribution is 2.26. The van der Waals surface area contributed by atoms with Crippen molar-refractivity contribution in [2.24, 2.45) is 0 Å². The van der Waals surface area contributed by atoms with Gasteiger partial charge in [0, 0.05) is 11.3 Å². The first-order chi connectivity index (χ1) is 10.6. The lowest BCUT2D eigenvalue weighted by Crippen LogP contribution is -1.97. The van der Waals surface area contributed by atoms with Crippen molar-refractivity contribution in [2.75, 3.05) is 5.32 Å². The quantitative estimate of drug-likeness (QED) is 0.672. The molecular formula is C18H15ClFNO. The SMILES string of the molecule is Cc1ccc(NCc2ccc(-c3ccc(F)c(Cl)c3)o2)cc1. The molecule has 0 saturated carbocycles. The van der Waals surface area contributed by atoms with Crippen LogP contribution >= 0.6 is 11.6 Å². The molecule has 0 radical (unpaired) electrons. The van der Waals surface area contributed by atoms with Gasteiger partial charge < -0.3 is 9.73 Å². The van der Waals surface area contributed by atoms with Crippen molar-refractivity contribution < 1.29 is 8.81 Å². The molecule has 0 aliphatic rings. The smallest absolute Gasteiger partial charge is 0.141 e. The highest BCUT2D eigenvalue weighted by Gasteiger charge is 2.07. The zero-order valence-corrected chi connectivity index (χ0v) is 12.8. The van der Waals surface area contributed by atoms with E-state index in [1.165, 1.54) is 11.6 Å². The van der Waals surface area contributed by atoms with Crippen LogP contribution in [0.2, 0.25) is 5.02 Å². The fourth-order valence-corrected chi connectivity index (χ4v) is 2.32. The normalized spacial score (nSPS) is 10.7. The van der Waals surface area contributed by atoms with E-state index in [1.54, 1.807) is 12.1 Å². The summed E-state index contributed by atoms with van der Waals surface area (Å²) in [6.45, 7) is 2.63. The van der Waals surface area contributed by atoms with Crippen LogP contribution < -0.4 is 5.32 Å². The lowest BCUT2D eigenvalue weighted by molar-refractivity contribution is 0.531. The van der Waals surface area contributed by atoms with Crippen molar-refractivity contribution in [1.29, 1.82) is 0 Å². The average molecular weight is 316 g/mol. The van der Waals surface area contributed by atoms with E-state index in [1.807, 2.05) is 24.3 Å². The molecule has 0 fully saturated rings. The summed E-state index contributed by atoms with van der Waals surface area (Å²) in [7, 11) is 0. The number of hydrogen-bond donors (Lipinski definition) is 1. The van der Waals surface area contributed by atoms with Crippen molar-refractivity contribution in [1.82, 2.24) is 0 Å². The molecule has 2 aromatic carbocycles. The summed E-state index contributed by atoms with van der Waals surface area (Å²) in [5.74, 6) is 1.04. The molecule has 1 aromatic heterocycles. The Bertz CT molecular complexity index is 780. The third-order valence-corrected chi connectivity index (χ3v) is 3.67. The van der Waals surface area contributed by atoms with Gasteiger partial charge in [-0.2, -0.15) is 0 Å². The van der Waals surface area contributed by atoms with E-state index in [2.05, 4.69) is 24.4 Å². The molecule has 0 spiro atoms. The monoisotopic (exact) mass is 315 g/mol. The molecule has 22 heavy (non-hydrogen) atoms. The summed E-state index contributed by atoms with van der Waals surface area (Å²) in [6, 6.07) is 16.5. The van der Waals surface area contributed by atoms with Crippen molar-refractivity contribution >= 4 is 17.3 Å². The van der Waals surface area contributed by atoms with Crippen LogP contribution in [-0.4, -0.2) is 0 Å². The fraction of sp³-hybridized carbons (Fsp3) is 0.111. The topological polar surface area (TPSA) is 25.2 Å². The summed E-state index contributed by atoms with van der Waals surface area (Å²) in [4.78, 5) is 0. The molecule has 0 aliphatic heterocycles. The second kappa shape index (κ2) is 6.24. The first-order valence-electron chi connectivity index (χ1n) is 6.96. The van der Waals surface area contributed by atoms with Gasteiger partial charge in [-0.05, 0) is 49.4 Å². The Kier molecular flexibility index (Phi) is 4.16. The third-order valence-electron chi connectivity index (χ3n) is 3.38. The summed E-state index contributed by atoms with van der Waals surface area (Å²) in [5.41, 5.74) is 3.01. The molecule has 1 N–H and O–H groups in total. The maximum Gasteiger partial charge on any atom is 0.141 e. The minimum Gasteiger partial charge on any atom is -0.459 e. The Morgan fingerprint density at radius 3 is 2.55 bits per heavy atom. The van der Waals surface area contributed by atoms with Crippen LogP contribution in [0.1, 0.15) is 11.3 Å². The van der Waals surface area contributed by atoms with Crippen LogP contribution in [0.15, 0.2) is 59.0 Å². The fourth-order valence-electron chi connectivity index (χ4n) is 2.14. The third kappa shape index (κ3) is 3.31. The molecule has 112 valence electrons. The molecule has 0 amide bonds. The van der Waals surface area contributed by atoms with E-state index in [0.717, 1.165) is 17.0 Å². The Labute approximate surface area is 133 Å². The first-order valence-corrected chi connectivity index (χ1v) is 7.34. The van der Waals surface area contributed by atoms with Crippen LogP contribution in [-0.2, 0) is 6.54 Å². The number of furan rings is 1. The van der Waals surface area contributed by atoms with Crippen LogP contribution in [0.3, 0.4) is 0 Å². The van der Waals surface area contributed by atoms with Crippen LogP contribution in [0.25, 0.3) is 11.3 Å². The number of rotatable bonds is 4. The second-order valence-electron chi connectivity index (χ2n) is 5.11. The van der Waals surface area contributed by atoms with Gasteiger partial charge in [0.25, 0.3) is 0 Å². The molecule has 4 heteroatoms. The maximum absolute atomic E-state index is 13.2. The summed E-state index contributed by atoms with van der Waals surface area (Å²) in [6.07, 6.45) is 0. The Morgan fingerprint density at radius 1 is 1.05 bits per heavy atom. The number of aryl methyl sites for hydroxylation is 1. The second-order valence-corrected chi connectivity index (χ2v) is 5.52. The van der Waals surface area contributed by atoms with E-state index in [9.17, 15) is 4.39 Å². The van der Waals surface area contributed by atoms with Crippen molar-refractivity contribution in [3.63, 3.8) is 0 Å². The Hall–Kier alpha value is -2.26. The molecule has 0 unspecified atom stereocenters. The number of halogens is 2. The molecule has 0 aliphatic carbocycles. The van der Waals surface area contributed by atoms with Gasteiger partial charge >= 0.3 is 0 Å². The predicted molar refractivity (Wildman–Crippen MR) is 87.6 cm³/mol. The Balaban J connectivity index is 1.70. The van der Waals surface area contributed by atoms with Crippen LogP contribution in [0.5, 0.6) is 0 Å². The maximum atomic E-state index is 13.2. The van der Waals surface area contributed by atoms with Gasteiger partial charge in [0.15, 0.2) is 0 Å². The summed E-state index contributed by atoms with van der Waals surface area (Å²) in [5, 5.41) is 3.38. The molecule has 0 bridgehead atoms. The molecule has 2 nitrogen and oxygen atoms in total. The van der Waals surface area contributed by atoms with E-state index < -0.39 is 5.82 Å². The largest absolute Gasteiger partial charge is 0.459 e. The lowest BCUT2D eigenvalue weighted by atomic mass is 10.2. The first kappa shape index (κ1) is 14.7. The number of benzene rings is 2. The molecule has 1 heterocycles. The molecule has 0 atom stereocenters. The highest BCUT2D eigenvalue weighted by atomic mass is 35.5. The predicted octanol–water partition coefficient (Wildman–Crippen LogP) is 5.66. The number of hydrogen-bond acceptors (Lipinski definition) is 2. The molecule has 0 saturated heterocycles. The van der Waals surface area contributed by atoms with Crippen molar-refractivity contribution in [3.8, 4) is 11.3 Å². The van der Waals surface area contributed by atoms with Crippen LogP contribution in [0, 0.1) is 12.7 Å². The standard InChI is InChI=1S/C18H15ClFNO/c1-12-2-5-14(6-3-12)21-11-15-7-9-18(22-15)13-4-8-17(20)16(19)10-13/h2-10,21H,11H2,1H3. The van der Waals surface area contributed by atoms with Crippen molar-refractivity contribution in [2.45, 2.75) is 13.5 Å². The summed E-state index contributed by atoms with van der Waals surface area (Å²) >= 11 is 5.80. The van der Waals surface area contributed by atoms with Gasteiger partial charge in [-0.15, -0.1) is 0 Å². The lowest BCUT2D eigenvalue weighted by Gasteiger charge is -2.04. The van der Waals surface area contributed by atoms with Gasteiger partial charge in [-0.3, -0.25) is 0 Å². The zero-order chi connectivity index (χ0) is 15.5. The van der Waals surface area contributed by atoms with Gasteiger partial charge in [0.1, 0.15) is 17.3 Å². The minimum absolute atomic E-state index is 0.0910. The zero-order valence-electron chi connectivity index (χ0n) is 12.1. The van der Waals surface area contributed by atoms with Gasteiger partial charge in [-0.25, -0.2) is 4.39 Å². The van der Waals surface area contributed by atoms with E-state index in [4.69, 9.17) is 16.0 Å². The van der Waals surface area contributed by atoms with Crippen LogP contribution in [0.4, 0.5) is 10.1 Å². The Morgan fingerprint density at radius 2 is 1.82 bits per heavy atom. The number of nitrogens with one attached hydrogen (secondary N) is 1. The molecule has 3 rings (SSSR count). The highest BCUT2D eigenvalue weighted by molar-refractivity contribution is 6.31.